The van der Waals surface area contributed by atoms with Gasteiger partial charge in [-0.25, -0.2) is 9.78 Å². The summed E-state index contributed by atoms with van der Waals surface area (Å²) < 4.78 is 10.9. The van der Waals surface area contributed by atoms with E-state index in [0.29, 0.717) is 33.8 Å². The van der Waals surface area contributed by atoms with Crippen molar-refractivity contribution in [2.24, 2.45) is 0 Å². The molecule has 3 rings (SSSR count). The van der Waals surface area contributed by atoms with Crippen molar-refractivity contribution in [2.45, 2.75) is 0 Å². The second-order valence-electron chi connectivity index (χ2n) is 5.22. The predicted octanol–water partition coefficient (Wildman–Crippen LogP) is 5.18. The van der Waals surface area contributed by atoms with E-state index in [0.717, 1.165) is 0 Å². The lowest BCUT2D eigenvalue weighted by molar-refractivity contribution is 0.262. The van der Waals surface area contributed by atoms with E-state index in [9.17, 15) is 4.79 Å². The second-order valence-corrected chi connectivity index (χ2v) is 5.66. The maximum atomic E-state index is 12.0. The van der Waals surface area contributed by atoms with Crippen LogP contribution in [0.3, 0.4) is 0 Å². The van der Waals surface area contributed by atoms with Crippen LogP contribution in [0.5, 0.6) is 17.4 Å². The van der Waals surface area contributed by atoms with Crippen LogP contribution >= 0.6 is 11.6 Å². The Balaban J connectivity index is 1.60. The molecule has 0 unspecified atom stereocenters. The predicted molar refractivity (Wildman–Crippen MR) is 101 cm³/mol. The largest absolute Gasteiger partial charge is 0.493 e. The molecule has 0 radical (unpaired) electrons. The number of amides is 2. The Morgan fingerprint density at radius 2 is 1.58 bits per heavy atom. The van der Waals surface area contributed by atoms with E-state index in [2.05, 4.69) is 15.6 Å². The van der Waals surface area contributed by atoms with Gasteiger partial charge in [0.15, 0.2) is 11.5 Å². The summed E-state index contributed by atoms with van der Waals surface area (Å²) in [4.78, 5) is 16.2. The number of anilines is 2. The number of aromatic nitrogens is 1. The van der Waals surface area contributed by atoms with Gasteiger partial charge in [0, 0.05) is 16.8 Å². The zero-order valence-corrected chi connectivity index (χ0v) is 14.7. The Morgan fingerprint density at radius 1 is 0.923 bits per heavy atom. The molecular formula is C19H16ClN3O3. The molecule has 3 aromatic rings. The van der Waals surface area contributed by atoms with Gasteiger partial charge in [-0.05, 0) is 42.5 Å². The van der Waals surface area contributed by atoms with E-state index in [-0.39, 0.29) is 6.03 Å². The SMILES string of the molecule is COc1ccccc1Oc1ccc(NC(=O)Nc2ccc(Cl)cc2)cn1. The standard InChI is InChI=1S/C19H16ClN3O3/c1-25-16-4-2-3-5-17(16)26-18-11-10-15(12-21-18)23-19(24)22-14-8-6-13(20)7-9-14/h2-12H,1H3,(H2,22,23,24). The van der Waals surface area contributed by atoms with Gasteiger partial charge in [0.1, 0.15) is 0 Å². The minimum absolute atomic E-state index is 0.382. The van der Waals surface area contributed by atoms with E-state index in [1.54, 1.807) is 55.6 Å². The molecule has 6 nitrogen and oxygen atoms in total. The first-order valence-electron chi connectivity index (χ1n) is 7.74. The number of carbonyl (C=O) groups excluding carboxylic acids is 1. The molecule has 0 atom stereocenters. The minimum Gasteiger partial charge on any atom is -0.493 e. The first kappa shape index (κ1) is 17.6. The number of methoxy groups -OCH3 is 1. The highest BCUT2D eigenvalue weighted by Crippen LogP contribution is 2.30. The fourth-order valence-electron chi connectivity index (χ4n) is 2.16. The quantitative estimate of drug-likeness (QED) is 0.650. The Kier molecular flexibility index (Phi) is 5.56. The fraction of sp³-hybridized carbons (Fsp3) is 0.0526. The zero-order valence-electron chi connectivity index (χ0n) is 13.9. The molecule has 0 aliphatic carbocycles. The summed E-state index contributed by atoms with van der Waals surface area (Å²) in [5, 5.41) is 6.00. The molecule has 0 aliphatic heterocycles. The molecule has 0 spiro atoms. The smallest absolute Gasteiger partial charge is 0.323 e. The van der Waals surface area contributed by atoms with Gasteiger partial charge in [-0.3, -0.25) is 0 Å². The van der Waals surface area contributed by atoms with Gasteiger partial charge in [0.2, 0.25) is 5.88 Å². The van der Waals surface area contributed by atoms with Crippen LogP contribution in [-0.2, 0) is 0 Å². The summed E-state index contributed by atoms with van der Waals surface area (Å²) in [5.41, 5.74) is 1.17. The summed E-state index contributed by atoms with van der Waals surface area (Å²) in [7, 11) is 1.57. The van der Waals surface area contributed by atoms with Crippen molar-refractivity contribution in [1.82, 2.24) is 4.98 Å². The van der Waals surface area contributed by atoms with Gasteiger partial charge in [0.25, 0.3) is 0 Å². The van der Waals surface area contributed by atoms with Gasteiger partial charge < -0.3 is 20.1 Å². The minimum atomic E-state index is -0.382. The number of pyridine rings is 1. The van der Waals surface area contributed by atoms with Crippen molar-refractivity contribution >= 4 is 29.0 Å². The van der Waals surface area contributed by atoms with Crippen LogP contribution in [0.4, 0.5) is 16.2 Å². The maximum absolute atomic E-state index is 12.0. The van der Waals surface area contributed by atoms with Crippen molar-refractivity contribution in [3.8, 4) is 17.4 Å². The van der Waals surface area contributed by atoms with Crippen molar-refractivity contribution in [3.63, 3.8) is 0 Å². The number of benzene rings is 2. The molecule has 2 amide bonds. The lowest BCUT2D eigenvalue weighted by Gasteiger charge is -2.10. The Morgan fingerprint density at radius 3 is 2.23 bits per heavy atom. The molecule has 2 N–H and O–H groups in total. The van der Waals surface area contributed by atoms with Crippen molar-refractivity contribution < 1.29 is 14.3 Å². The molecule has 0 bridgehead atoms. The van der Waals surface area contributed by atoms with Crippen LogP contribution in [0.25, 0.3) is 0 Å². The van der Waals surface area contributed by atoms with Crippen LogP contribution in [-0.4, -0.2) is 18.1 Å². The van der Waals surface area contributed by atoms with Gasteiger partial charge in [-0.2, -0.15) is 0 Å². The summed E-state index contributed by atoms with van der Waals surface area (Å²) in [6.45, 7) is 0. The number of ether oxygens (including phenoxy) is 2. The van der Waals surface area contributed by atoms with E-state index < -0.39 is 0 Å². The normalized spacial score (nSPS) is 10.1. The van der Waals surface area contributed by atoms with Gasteiger partial charge >= 0.3 is 6.03 Å². The third-order valence-electron chi connectivity index (χ3n) is 3.38. The number of rotatable bonds is 5. The Hall–Kier alpha value is -3.25. The molecule has 0 fully saturated rings. The summed E-state index contributed by atoms with van der Waals surface area (Å²) in [6, 6.07) is 17.1. The van der Waals surface area contributed by atoms with E-state index in [1.165, 1.54) is 6.20 Å². The van der Waals surface area contributed by atoms with Gasteiger partial charge in [-0.15, -0.1) is 0 Å². The van der Waals surface area contributed by atoms with Crippen LogP contribution in [0.2, 0.25) is 5.02 Å². The number of urea groups is 1. The summed E-state index contributed by atoms with van der Waals surface area (Å²) >= 11 is 5.81. The molecule has 132 valence electrons. The van der Waals surface area contributed by atoms with E-state index in [1.807, 2.05) is 12.1 Å². The third kappa shape index (κ3) is 4.64. The van der Waals surface area contributed by atoms with Crippen molar-refractivity contribution in [2.75, 3.05) is 17.7 Å². The molecule has 1 heterocycles. The monoisotopic (exact) mass is 369 g/mol. The summed E-state index contributed by atoms with van der Waals surface area (Å²) in [6.07, 6.45) is 1.51. The first-order chi connectivity index (χ1) is 12.6. The molecule has 7 heteroatoms. The fourth-order valence-corrected chi connectivity index (χ4v) is 2.28. The highest BCUT2D eigenvalue weighted by molar-refractivity contribution is 6.30. The molecule has 26 heavy (non-hydrogen) atoms. The lowest BCUT2D eigenvalue weighted by Crippen LogP contribution is -2.19. The number of para-hydroxylation sites is 2. The van der Waals surface area contributed by atoms with E-state index in [4.69, 9.17) is 21.1 Å². The van der Waals surface area contributed by atoms with Crippen molar-refractivity contribution in [1.29, 1.82) is 0 Å². The topological polar surface area (TPSA) is 72.5 Å². The maximum Gasteiger partial charge on any atom is 0.323 e. The highest BCUT2D eigenvalue weighted by Gasteiger charge is 2.07. The van der Waals surface area contributed by atoms with E-state index >= 15 is 0 Å². The Bertz CT molecular complexity index is 883. The highest BCUT2D eigenvalue weighted by atomic mass is 35.5. The van der Waals surface area contributed by atoms with Gasteiger partial charge in [0.05, 0.1) is 19.0 Å². The number of hydrogen-bond acceptors (Lipinski definition) is 4. The first-order valence-corrected chi connectivity index (χ1v) is 8.12. The number of halogens is 1. The lowest BCUT2D eigenvalue weighted by atomic mass is 10.3. The average molecular weight is 370 g/mol. The molecular weight excluding hydrogens is 354 g/mol. The van der Waals surface area contributed by atoms with Crippen LogP contribution in [0.1, 0.15) is 0 Å². The number of carbonyl (C=O) groups is 1. The average Bonchev–Trinajstić information content (AvgIpc) is 2.65. The third-order valence-corrected chi connectivity index (χ3v) is 3.63. The van der Waals surface area contributed by atoms with Crippen LogP contribution in [0, 0.1) is 0 Å². The number of nitrogens with zero attached hydrogens (tertiary/aromatic N) is 1. The number of nitrogens with one attached hydrogen (secondary N) is 2. The van der Waals surface area contributed by atoms with Gasteiger partial charge in [-0.1, -0.05) is 23.7 Å². The molecule has 1 aromatic heterocycles. The second kappa shape index (κ2) is 8.22. The van der Waals surface area contributed by atoms with Crippen molar-refractivity contribution in [3.05, 3.63) is 71.9 Å². The molecule has 0 saturated heterocycles. The molecule has 0 aliphatic rings. The molecule has 2 aromatic carbocycles. The number of hydrogen-bond donors (Lipinski definition) is 2. The zero-order chi connectivity index (χ0) is 18.4. The Labute approximate surface area is 155 Å². The van der Waals surface area contributed by atoms with Crippen LogP contribution in [0.15, 0.2) is 66.9 Å². The van der Waals surface area contributed by atoms with Crippen LogP contribution < -0.4 is 20.1 Å². The molecule has 0 saturated carbocycles. The summed E-state index contributed by atoms with van der Waals surface area (Å²) in [5.74, 6) is 1.56.